The van der Waals surface area contributed by atoms with E-state index in [0.717, 1.165) is 11.3 Å². The Hall–Kier alpha value is -3.34. The first kappa shape index (κ1) is 23.8. The fourth-order valence-corrected chi connectivity index (χ4v) is 4.92. The third kappa shape index (κ3) is 4.65. The van der Waals surface area contributed by atoms with Crippen molar-refractivity contribution < 1.29 is 23.9 Å². The first-order valence-corrected chi connectivity index (χ1v) is 11.7. The molecule has 0 aromatic heterocycles. The van der Waals surface area contributed by atoms with Gasteiger partial charge in [-0.1, -0.05) is 18.2 Å². The average Bonchev–Trinajstić information content (AvgIpc) is 3.43. The van der Waals surface area contributed by atoms with Crippen LogP contribution < -0.4 is 26.4 Å². The van der Waals surface area contributed by atoms with Crippen LogP contribution in [0.5, 0.6) is 5.75 Å². The number of rotatable bonds is 5. The van der Waals surface area contributed by atoms with Crippen molar-refractivity contribution in [3.05, 3.63) is 29.8 Å². The number of ether oxygens (including phenoxy) is 1. The maximum absolute atomic E-state index is 13.7. The molecule has 184 valence electrons. The lowest BCUT2D eigenvalue weighted by Gasteiger charge is -2.38. The molecule has 5 amide bonds. The van der Waals surface area contributed by atoms with Gasteiger partial charge in [-0.05, 0) is 39.3 Å². The SMILES string of the molecule is CN[C@@H](C)C(=O)NC1CN(C(N)=O)CCC2CCC(C(=O)N[C@@H]3COc4ccccc43)N2C1=O. The number of nitrogens with two attached hydrogens (primary N) is 1. The van der Waals surface area contributed by atoms with Crippen molar-refractivity contribution in [2.75, 3.05) is 26.7 Å². The molecule has 3 unspecified atom stereocenters. The monoisotopic (exact) mass is 472 g/mol. The Labute approximate surface area is 198 Å². The van der Waals surface area contributed by atoms with Crippen LogP contribution in [0.25, 0.3) is 0 Å². The zero-order valence-corrected chi connectivity index (χ0v) is 19.5. The van der Waals surface area contributed by atoms with Crippen molar-refractivity contribution in [1.82, 2.24) is 25.8 Å². The summed E-state index contributed by atoms with van der Waals surface area (Å²) in [5.74, 6) is -0.259. The van der Waals surface area contributed by atoms with Crippen molar-refractivity contribution in [3.63, 3.8) is 0 Å². The second-order valence-electron chi connectivity index (χ2n) is 9.05. The Bertz CT molecular complexity index is 971. The Morgan fingerprint density at radius 2 is 1.88 bits per heavy atom. The van der Waals surface area contributed by atoms with Gasteiger partial charge >= 0.3 is 6.03 Å². The largest absolute Gasteiger partial charge is 0.491 e. The summed E-state index contributed by atoms with van der Waals surface area (Å²) in [7, 11) is 1.64. The molecular weight excluding hydrogens is 440 g/mol. The van der Waals surface area contributed by atoms with Crippen molar-refractivity contribution >= 4 is 23.8 Å². The summed E-state index contributed by atoms with van der Waals surface area (Å²) in [6.45, 7) is 2.31. The van der Waals surface area contributed by atoms with E-state index in [4.69, 9.17) is 10.5 Å². The minimum absolute atomic E-state index is 0.0439. The maximum Gasteiger partial charge on any atom is 0.314 e. The summed E-state index contributed by atoms with van der Waals surface area (Å²) in [6, 6.07) is 4.20. The number of likely N-dealkylation sites (N-methyl/N-ethyl adjacent to an activating group) is 1. The Balaban J connectivity index is 1.53. The molecule has 5 atom stereocenters. The second kappa shape index (κ2) is 9.88. The van der Waals surface area contributed by atoms with Crippen LogP contribution in [0.3, 0.4) is 0 Å². The van der Waals surface area contributed by atoms with Gasteiger partial charge in [0, 0.05) is 18.2 Å². The minimum atomic E-state index is -0.998. The molecule has 0 radical (unpaired) electrons. The number of urea groups is 1. The quantitative estimate of drug-likeness (QED) is 0.453. The molecule has 3 aliphatic rings. The first-order valence-electron chi connectivity index (χ1n) is 11.7. The second-order valence-corrected chi connectivity index (χ2v) is 9.05. The molecule has 1 aromatic rings. The van der Waals surface area contributed by atoms with Gasteiger partial charge in [-0.25, -0.2) is 4.79 Å². The molecule has 4 rings (SSSR count). The number of para-hydroxylation sites is 1. The summed E-state index contributed by atoms with van der Waals surface area (Å²) in [4.78, 5) is 54.4. The average molecular weight is 473 g/mol. The Morgan fingerprint density at radius 3 is 2.62 bits per heavy atom. The van der Waals surface area contributed by atoms with Crippen LogP contribution in [-0.2, 0) is 14.4 Å². The van der Waals surface area contributed by atoms with E-state index in [1.807, 2.05) is 24.3 Å². The third-order valence-electron chi connectivity index (χ3n) is 6.96. The van der Waals surface area contributed by atoms with Gasteiger partial charge in [0.05, 0.1) is 18.6 Å². The van der Waals surface area contributed by atoms with Crippen molar-refractivity contribution in [3.8, 4) is 5.75 Å². The topological polar surface area (TPSA) is 146 Å². The standard InChI is InChI=1S/C23H32N6O5/c1-13(25-2)20(30)26-16-11-28(23(24)33)10-9-14-7-8-18(29(14)22(16)32)21(31)27-17-12-34-19-6-4-3-5-15(17)19/h3-6,13-14,16-18,25H,7-12H2,1-2H3,(H2,24,33)(H,26,30)(H,27,31)/t13-,14?,16?,17+,18?/m0/s1. The van der Waals surface area contributed by atoms with Gasteiger partial charge in [0.15, 0.2) is 0 Å². The summed E-state index contributed by atoms with van der Waals surface area (Å²) in [6.07, 6.45) is 1.64. The molecule has 1 aromatic carbocycles. The van der Waals surface area contributed by atoms with Crippen LogP contribution in [0, 0.1) is 0 Å². The predicted octanol–water partition coefficient (Wildman–Crippen LogP) is -0.527. The number of nitrogens with zero attached hydrogens (tertiary/aromatic N) is 2. The molecule has 11 nitrogen and oxygen atoms in total. The van der Waals surface area contributed by atoms with Gasteiger partial charge in [-0.2, -0.15) is 0 Å². The van der Waals surface area contributed by atoms with E-state index >= 15 is 0 Å². The van der Waals surface area contributed by atoms with Crippen LogP contribution in [0.2, 0.25) is 0 Å². The zero-order valence-electron chi connectivity index (χ0n) is 19.5. The first-order chi connectivity index (χ1) is 16.3. The van der Waals surface area contributed by atoms with E-state index in [-0.39, 0.29) is 36.3 Å². The molecule has 5 N–H and O–H groups in total. The number of fused-ring (bicyclic) bond motifs is 2. The summed E-state index contributed by atoms with van der Waals surface area (Å²) in [5.41, 5.74) is 6.43. The number of carbonyl (C=O) groups excluding carboxylic acids is 4. The van der Waals surface area contributed by atoms with Crippen LogP contribution in [-0.4, -0.2) is 84.5 Å². The normalized spacial score (nSPS) is 27.1. The highest BCUT2D eigenvalue weighted by Crippen LogP contribution is 2.33. The molecule has 3 heterocycles. The lowest BCUT2D eigenvalue weighted by molar-refractivity contribution is -0.145. The van der Waals surface area contributed by atoms with Crippen LogP contribution in [0.15, 0.2) is 24.3 Å². The number of carbonyl (C=O) groups is 4. The number of amides is 5. The zero-order chi connectivity index (χ0) is 24.4. The minimum Gasteiger partial charge on any atom is -0.491 e. The van der Waals surface area contributed by atoms with E-state index < -0.39 is 24.2 Å². The van der Waals surface area contributed by atoms with Crippen molar-refractivity contribution in [1.29, 1.82) is 0 Å². The molecule has 2 saturated heterocycles. The lowest BCUT2D eigenvalue weighted by atomic mass is 10.1. The van der Waals surface area contributed by atoms with Crippen LogP contribution >= 0.6 is 0 Å². The number of benzene rings is 1. The smallest absolute Gasteiger partial charge is 0.314 e. The van der Waals surface area contributed by atoms with E-state index in [1.165, 1.54) is 4.90 Å². The molecule has 0 saturated carbocycles. The maximum atomic E-state index is 13.7. The van der Waals surface area contributed by atoms with Crippen molar-refractivity contribution in [2.24, 2.45) is 5.73 Å². The number of hydrogen-bond donors (Lipinski definition) is 4. The van der Waals surface area contributed by atoms with Gasteiger partial charge < -0.3 is 36.2 Å². The number of primary amides is 1. The highest BCUT2D eigenvalue weighted by molar-refractivity contribution is 5.94. The molecule has 2 fully saturated rings. The molecule has 3 aliphatic heterocycles. The number of hydrogen-bond acceptors (Lipinski definition) is 6. The van der Waals surface area contributed by atoms with E-state index in [9.17, 15) is 19.2 Å². The Kier molecular flexibility index (Phi) is 6.92. The Morgan fingerprint density at radius 1 is 1.12 bits per heavy atom. The highest BCUT2D eigenvalue weighted by atomic mass is 16.5. The van der Waals surface area contributed by atoms with Gasteiger partial charge in [-0.15, -0.1) is 0 Å². The molecule has 0 bridgehead atoms. The fourth-order valence-electron chi connectivity index (χ4n) is 4.92. The summed E-state index contributed by atoms with van der Waals surface area (Å²) < 4.78 is 5.67. The van der Waals surface area contributed by atoms with E-state index in [1.54, 1.807) is 18.9 Å². The number of nitrogens with one attached hydrogen (secondary N) is 3. The van der Waals surface area contributed by atoms with E-state index in [2.05, 4.69) is 16.0 Å². The fraction of sp³-hybridized carbons (Fsp3) is 0.565. The van der Waals surface area contributed by atoms with Gasteiger partial charge in [0.2, 0.25) is 17.7 Å². The van der Waals surface area contributed by atoms with Crippen LogP contribution in [0.1, 0.15) is 37.8 Å². The lowest BCUT2D eigenvalue weighted by Crippen LogP contribution is -2.62. The van der Waals surface area contributed by atoms with Gasteiger partial charge in [0.25, 0.3) is 0 Å². The van der Waals surface area contributed by atoms with Gasteiger partial charge in [-0.3, -0.25) is 14.4 Å². The third-order valence-corrected chi connectivity index (χ3v) is 6.96. The molecule has 34 heavy (non-hydrogen) atoms. The molecule has 11 heteroatoms. The van der Waals surface area contributed by atoms with Crippen molar-refractivity contribution in [2.45, 2.75) is 56.4 Å². The highest BCUT2D eigenvalue weighted by Gasteiger charge is 2.46. The van der Waals surface area contributed by atoms with Gasteiger partial charge in [0.1, 0.15) is 24.4 Å². The summed E-state index contributed by atoms with van der Waals surface area (Å²) in [5, 5.41) is 8.61. The van der Waals surface area contributed by atoms with E-state index in [0.29, 0.717) is 32.4 Å². The molecular formula is C23H32N6O5. The van der Waals surface area contributed by atoms with Crippen LogP contribution in [0.4, 0.5) is 4.79 Å². The molecule has 0 aliphatic carbocycles. The predicted molar refractivity (Wildman–Crippen MR) is 123 cm³/mol. The molecule has 0 spiro atoms. The summed E-state index contributed by atoms with van der Waals surface area (Å²) >= 11 is 0.